The molecule has 0 fully saturated rings. The van der Waals surface area contributed by atoms with E-state index in [2.05, 4.69) is 5.32 Å². The maximum Gasteiger partial charge on any atom is 0.226 e. The van der Waals surface area contributed by atoms with E-state index in [0.717, 1.165) is 6.42 Å². The fourth-order valence-corrected chi connectivity index (χ4v) is 1.41. The van der Waals surface area contributed by atoms with Crippen molar-refractivity contribution < 1.29 is 14.3 Å². The lowest BCUT2D eigenvalue weighted by atomic mass is 10.3. The summed E-state index contributed by atoms with van der Waals surface area (Å²) in [5.74, 6) is 0.454. The molecule has 0 aliphatic heterocycles. The highest BCUT2D eigenvalue weighted by Gasteiger charge is 2.03. The summed E-state index contributed by atoms with van der Waals surface area (Å²) in [6, 6.07) is 8.83. The van der Waals surface area contributed by atoms with Crippen LogP contribution >= 0.6 is 0 Å². The lowest BCUT2D eigenvalue weighted by Gasteiger charge is -2.07. The molecule has 1 N–H and O–H groups in total. The maximum atomic E-state index is 11.6. The topological polar surface area (TPSA) is 71.3 Å². The number of nitrogens with one attached hydrogen (secondary N) is 1. The molecule has 19 heavy (non-hydrogen) atoms. The van der Waals surface area contributed by atoms with Crippen LogP contribution in [0, 0.1) is 11.3 Å². The van der Waals surface area contributed by atoms with Gasteiger partial charge in [-0.15, -0.1) is 0 Å². The Morgan fingerprint density at radius 2 is 2.26 bits per heavy atom. The van der Waals surface area contributed by atoms with Gasteiger partial charge in [0.25, 0.3) is 0 Å². The smallest absolute Gasteiger partial charge is 0.226 e. The molecule has 1 aromatic rings. The van der Waals surface area contributed by atoms with Crippen molar-refractivity contribution in [2.75, 3.05) is 25.1 Å². The zero-order chi connectivity index (χ0) is 13.9. The Labute approximate surface area is 113 Å². The van der Waals surface area contributed by atoms with Crippen LogP contribution in [0.1, 0.15) is 19.8 Å². The molecular weight excluding hydrogens is 244 g/mol. The Morgan fingerprint density at radius 3 is 3.00 bits per heavy atom. The summed E-state index contributed by atoms with van der Waals surface area (Å²) in [7, 11) is 0. The number of hydrogen-bond donors (Lipinski definition) is 1. The zero-order valence-electron chi connectivity index (χ0n) is 11.0. The number of rotatable bonds is 8. The van der Waals surface area contributed by atoms with Gasteiger partial charge in [0.15, 0.2) is 6.61 Å². The van der Waals surface area contributed by atoms with Crippen molar-refractivity contribution in [2.24, 2.45) is 0 Å². The van der Waals surface area contributed by atoms with Crippen LogP contribution in [0.3, 0.4) is 0 Å². The predicted octanol–water partition coefficient (Wildman–Crippen LogP) is 2.34. The first-order chi connectivity index (χ1) is 9.26. The summed E-state index contributed by atoms with van der Waals surface area (Å²) in [4.78, 5) is 11.6. The number of nitriles is 1. The predicted molar refractivity (Wildman–Crippen MR) is 71.9 cm³/mol. The molecule has 5 heteroatoms. The second-order valence-electron chi connectivity index (χ2n) is 3.89. The number of carbonyl (C=O) groups is 1. The van der Waals surface area contributed by atoms with E-state index in [0.29, 0.717) is 31.1 Å². The van der Waals surface area contributed by atoms with Crippen molar-refractivity contribution in [3.8, 4) is 11.8 Å². The SMILES string of the molecule is CCCOCCC(=O)Nc1cccc(OCC#N)c1. The van der Waals surface area contributed by atoms with Crippen molar-refractivity contribution in [3.63, 3.8) is 0 Å². The van der Waals surface area contributed by atoms with Crippen molar-refractivity contribution in [3.05, 3.63) is 24.3 Å². The minimum atomic E-state index is -0.103. The number of nitrogens with zero attached hydrogens (tertiary/aromatic N) is 1. The van der Waals surface area contributed by atoms with Crippen LogP contribution in [0.4, 0.5) is 5.69 Å². The van der Waals surface area contributed by atoms with Crippen LogP contribution in [-0.2, 0) is 9.53 Å². The largest absolute Gasteiger partial charge is 0.479 e. The number of ether oxygens (including phenoxy) is 2. The molecule has 0 radical (unpaired) electrons. The van der Waals surface area contributed by atoms with E-state index in [-0.39, 0.29) is 12.5 Å². The Bertz CT molecular complexity index is 441. The van der Waals surface area contributed by atoms with E-state index in [1.54, 1.807) is 24.3 Å². The summed E-state index contributed by atoms with van der Waals surface area (Å²) < 4.78 is 10.4. The summed E-state index contributed by atoms with van der Waals surface area (Å²) in [6.45, 7) is 3.10. The van der Waals surface area contributed by atoms with E-state index in [1.165, 1.54) is 0 Å². The fraction of sp³-hybridized carbons (Fsp3) is 0.429. The van der Waals surface area contributed by atoms with Crippen molar-refractivity contribution in [1.82, 2.24) is 0 Å². The fourth-order valence-electron chi connectivity index (χ4n) is 1.41. The van der Waals surface area contributed by atoms with Gasteiger partial charge in [0.1, 0.15) is 11.8 Å². The van der Waals surface area contributed by atoms with Gasteiger partial charge in [0, 0.05) is 18.4 Å². The van der Waals surface area contributed by atoms with Crippen LogP contribution in [0.2, 0.25) is 0 Å². The van der Waals surface area contributed by atoms with Crippen LogP contribution in [0.5, 0.6) is 5.75 Å². The molecule has 102 valence electrons. The monoisotopic (exact) mass is 262 g/mol. The molecule has 0 aliphatic carbocycles. The molecule has 0 aromatic heterocycles. The number of amides is 1. The third-order valence-corrected chi connectivity index (χ3v) is 2.24. The molecule has 0 bridgehead atoms. The van der Waals surface area contributed by atoms with E-state index in [9.17, 15) is 4.79 Å². The minimum Gasteiger partial charge on any atom is -0.479 e. The van der Waals surface area contributed by atoms with Crippen LogP contribution in [-0.4, -0.2) is 25.7 Å². The average molecular weight is 262 g/mol. The Morgan fingerprint density at radius 1 is 1.42 bits per heavy atom. The van der Waals surface area contributed by atoms with E-state index >= 15 is 0 Å². The summed E-state index contributed by atoms with van der Waals surface area (Å²) in [5, 5.41) is 11.2. The van der Waals surface area contributed by atoms with Crippen molar-refractivity contribution in [2.45, 2.75) is 19.8 Å². The van der Waals surface area contributed by atoms with Gasteiger partial charge in [-0.1, -0.05) is 13.0 Å². The molecule has 0 unspecified atom stereocenters. The summed E-state index contributed by atoms with van der Waals surface area (Å²) in [6.07, 6.45) is 1.27. The summed E-state index contributed by atoms with van der Waals surface area (Å²) >= 11 is 0. The quantitative estimate of drug-likeness (QED) is 0.730. The van der Waals surface area contributed by atoms with Gasteiger partial charge in [-0.05, 0) is 18.6 Å². The number of carbonyl (C=O) groups excluding carboxylic acids is 1. The highest BCUT2D eigenvalue weighted by atomic mass is 16.5. The molecule has 1 aromatic carbocycles. The van der Waals surface area contributed by atoms with Crippen LogP contribution < -0.4 is 10.1 Å². The van der Waals surface area contributed by atoms with Crippen molar-refractivity contribution >= 4 is 11.6 Å². The van der Waals surface area contributed by atoms with E-state index in [4.69, 9.17) is 14.7 Å². The Kier molecular flexibility index (Phi) is 7.06. The lowest BCUT2D eigenvalue weighted by Crippen LogP contribution is -2.14. The highest BCUT2D eigenvalue weighted by molar-refractivity contribution is 5.90. The van der Waals surface area contributed by atoms with Gasteiger partial charge >= 0.3 is 0 Å². The third-order valence-electron chi connectivity index (χ3n) is 2.24. The van der Waals surface area contributed by atoms with E-state index in [1.807, 2.05) is 13.0 Å². The van der Waals surface area contributed by atoms with E-state index < -0.39 is 0 Å². The molecule has 1 rings (SSSR count). The Hall–Kier alpha value is -2.06. The second kappa shape index (κ2) is 8.95. The van der Waals surface area contributed by atoms with Gasteiger partial charge in [0.2, 0.25) is 5.91 Å². The standard InChI is InChI=1S/C14H18N2O3/c1-2-8-18-9-6-14(17)16-12-4-3-5-13(11-12)19-10-7-15/h3-5,11H,2,6,8-10H2,1H3,(H,16,17). The first-order valence-electron chi connectivity index (χ1n) is 6.23. The number of benzene rings is 1. The summed E-state index contributed by atoms with van der Waals surface area (Å²) in [5.41, 5.74) is 0.649. The van der Waals surface area contributed by atoms with Crippen LogP contribution in [0.15, 0.2) is 24.3 Å². The molecule has 1 amide bonds. The van der Waals surface area contributed by atoms with Gasteiger partial charge < -0.3 is 14.8 Å². The van der Waals surface area contributed by atoms with Gasteiger partial charge in [0.05, 0.1) is 13.0 Å². The van der Waals surface area contributed by atoms with Gasteiger partial charge in [-0.2, -0.15) is 5.26 Å². The first kappa shape index (κ1) is 15.0. The molecule has 0 heterocycles. The Balaban J connectivity index is 2.39. The van der Waals surface area contributed by atoms with Crippen molar-refractivity contribution in [1.29, 1.82) is 5.26 Å². The highest BCUT2D eigenvalue weighted by Crippen LogP contribution is 2.17. The molecular formula is C14H18N2O3. The maximum absolute atomic E-state index is 11.6. The normalized spacial score (nSPS) is 9.68. The molecule has 5 nitrogen and oxygen atoms in total. The van der Waals surface area contributed by atoms with Crippen LogP contribution in [0.25, 0.3) is 0 Å². The average Bonchev–Trinajstić information content (AvgIpc) is 2.42. The third kappa shape index (κ3) is 6.43. The second-order valence-corrected chi connectivity index (χ2v) is 3.89. The minimum absolute atomic E-state index is 0.0116. The van der Waals surface area contributed by atoms with Gasteiger partial charge in [-0.25, -0.2) is 0 Å². The first-order valence-corrected chi connectivity index (χ1v) is 6.23. The van der Waals surface area contributed by atoms with Gasteiger partial charge in [-0.3, -0.25) is 4.79 Å². The lowest BCUT2D eigenvalue weighted by molar-refractivity contribution is -0.117. The number of hydrogen-bond acceptors (Lipinski definition) is 4. The zero-order valence-corrected chi connectivity index (χ0v) is 11.0. The number of anilines is 1. The molecule has 0 saturated carbocycles. The molecule has 0 aliphatic rings. The molecule has 0 atom stereocenters. The molecule has 0 saturated heterocycles. The molecule has 0 spiro atoms.